The minimum Gasteiger partial charge on any atom is -0.308 e. The Morgan fingerprint density at radius 2 is 1.95 bits per heavy atom. The molecule has 100 valence electrons. The second kappa shape index (κ2) is 6.04. The minimum absolute atomic E-state index is 0.313. The highest BCUT2D eigenvalue weighted by atomic mass is 35.5. The number of aromatic nitrogens is 1. The van der Waals surface area contributed by atoms with E-state index in [1.54, 1.807) is 30.5 Å². The maximum absolute atomic E-state index is 11.8. The smallest absolute Gasteiger partial charge is 0.308 e. The maximum atomic E-state index is 11.8. The summed E-state index contributed by atoms with van der Waals surface area (Å²) in [5.41, 5.74) is 0.683. The Morgan fingerprint density at radius 3 is 2.53 bits per heavy atom. The third-order valence-corrected chi connectivity index (χ3v) is 3.88. The zero-order valence-corrected chi connectivity index (χ0v) is 12.2. The van der Waals surface area contributed by atoms with Gasteiger partial charge in [0.15, 0.2) is 5.13 Å². The topological polar surface area (TPSA) is 54.0 Å². The van der Waals surface area contributed by atoms with Crippen LogP contribution in [0.1, 0.15) is 24.6 Å². The molecule has 1 aromatic carbocycles. The van der Waals surface area contributed by atoms with E-state index in [0.29, 0.717) is 21.8 Å². The first-order valence-corrected chi connectivity index (χ1v) is 7.03. The Balaban J connectivity index is 1.95. The Hall–Kier alpha value is -1.59. The summed E-state index contributed by atoms with van der Waals surface area (Å²) in [6, 6.07) is 6.61. The number of benzene rings is 1. The number of nitrogens with zero attached hydrogens (tertiary/aromatic N) is 1. The Bertz CT molecular complexity index is 566. The van der Waals surface area contributed by atoms with Crippen LogP contribution in [-0.4, -0.2) is 11.0 Å². The summed E-state index contributed by atoms with van der Waals surface area (Å²) < 4.78 is 0. The van der Waals surface area contributed by atoms with Crippen LogP contribution >= 0.6 is 22.9 Å². The lowest BCUT2D eigenvalue weighted by Crippen LogP contribution is -2.19. The van der Waals surface area contributed by atoms with Crippen LogP contribution in [0.3, 0.4) is 0 Å². The number of rotatable bonds is 3. The van der Waals surface area contributed by atoms with Gasteiger partial charge in [0.25, 0.3) is 0 Å². The molecule has 6 heteroatoms. The van der Waals surface area contributed by atoms with E-state index in [2.05, 4.69) is 29.5 Å². The van der Waals surface area contributed by atoms with Crippen LogP contribution in [0.25, 0.3) is 0 Å². The van der Waals surface area contributed by atoms with E-state index in [9.17, 15) is 4.79 Å². The predicted molar refractivity (Wildman–Crippen MR) is 80.3 cm³/mol. The summed E-state index contributed by atoms with van der Waals surface area (Å²) in [5.74, 6) is 0.410. The monoisotopic (exact) mass is 295 g/mol. The van der Waals surface area contributed by atoms with E-state index in [0.717, 1.165) is 4.88 Å². The summed E-state index contributed by atoms with van der Waals surface area (Å²) in [6.07, 6.45) is 1.78. The average molecular weight is 296 g/mol. The van der Waals surface area contributed by atoms with E-state index < -0.39 is 0 Å². The lowest BCUT2D eigenvalue weighted by atomic mass is 10.2. The molecule has 0 bridgehead atoms. The molecule has 0 saturated heterocycles. The molecule has 19 heavy (non-hydrogen) atoms. The van der Waals surface area contributed by atoms with Gasteiger partial charge in [-0.25, -0.2) is 9.78 Å². The van der Waals surface area contributed by atoms with Gasteiger partial charge in [0.05, 0.1) is 0 Å². The molecule has 0 aliphatic carbocycles. The standard InChI is InChI=1S/C13H14ClN3OS/c1-8(2)11-7-15-13(19-11)17-12(18)16-10-5-3-9(14)4-6-10/h3-8H,1-2H3,(H2,15,16,17,18). The van der Waals surface area contributed by atoms with Crippen molar-refractivity contribution in [3.05, 3.63) is 40.4 Å². The zero-order chi connectivity index (χ0) is 13.8. The van der Waals surface area contributed by atoms with E-state index in [1.807, 2.05) is 0 Å². The van der Waals surface area contributed by atoms with Crippen molar-refractivity contribution in [3.63, 3.8) is 0 Å². The van der Waals surface area contributed by atoms with Crippen molar-refractivity contribution in [3.8, 4) is 0 Å². The molecule has 2 N–H and O–H groups in total. The fourth-order valence-electron chi connectivity index (χ4n) is 1.40. The number of carbonyl (C=O) groups excluding carboxylic acids is 1. The number of hydrogen-bond acceptors (Lipinski definition) is 3. The molecule has 2 aromatic rings. The highest BCUT2D eigenvalue weighted by molar-refractivity contribution is 7.15. The van der Waals surface area contributed by atoms with E-state index in [-0.39, 0.29) is 6.03 Å². The highest BCUT2D eigenvalue weighted by Crippen LogP contribution is 2.25. The van der Waals surface area contributed by atoms with Crippen LogP contribution in [0.2, 0.25) is 5.02 Å². The molecule has 0 atom stereocenters. The highest BCUT2D eigenvalue weighted by Gasteiger charge is 2.08. The van der Waals surface area contributed by atoms with Crippen molar-refractivity contribution < 1.29 is 4.79 Å². The first-order valence-electron chi connectivity index (χ1n) is 5.84. The molecule has 0 spiro atoms. The minimum atomic E-state index is -0.313. The van der Waals surface area contributed by atoms with Gasteiger partial charge in [-0.1, -0.05) is 25.4 Å². The van der Waals surface area contributed by atoms with Gasteiger partial charge in [-0.2, -0.15) is 0 Å². The van der Waals surface area contributed by atoms with E-state index >= 15 is 0 Å². The van der Waals surface area contributed by atoms with E-state index in [1.165, 1.54) is 11.3 Å². The molecule has 4 nitrogen and oxygen atoms in total. The molecular formula is C13H14ClN3OS. The summed E-state index contributed by atoms with van der Waals surface area (Å²) in [4.78, 5) is 17.1. The average Bonchev–Trinajstić information content (AvgIpc) is 2.80. The fraction of sp³-hybridized carbons (Fsp3) is 0.231. The van der Waals surface area contributed by atoms with Gasteiger partial charge in [0.1, 0.15) is 0 Å². The summed E-state index contributed by atoms with van der Waals surface area (Å²) in [5, 5.41) is 6.64. The number of anilines is 2. The van der Waals surface area contributed by atoms with Crippen molar-refractivity contribution in [1.29, 1.82) is 0 Å². The number of halogens is 1. The quantitative estimate of drug-likeness (QED) is 0.872. The van der Waals surface area contributed by atoms with Crippen LogP contribution in [0.5, 0.6) is 0 Å². The van der Waals surface area contributed by atoms with Crippen molar-refractivity contribution in [2.45, 2.75) is 19.8 Å². The Morgan fingerprint density at radius 1 is 1.26 bits per heavy atom. The molecule has 2 rings (SSSR count). The molecule has 0 aliphatic rings. The normalized spacial score (nSPS) is 10.5. The Kier molecular flexibility index (Phi) is 4.39. The molecule has 0 fully saturated rings. The van der Waals surface area contributed by atoms with Gasteiger partial charge in [0.2, 0.25) is 0 Å². The van der Waals surface area contributed by atoms with E-state index in [4.69, 9.17) is 11.6 Å². The number of urea groups is 1. The van der Waals surface area contributed by atoms with Gasteiger partial charge in [-0.05, 0) is 30.2 Å². The van der Waals surface area contributed by atoms with Crippen LogP contribution < -0.4 is 10.6 Å². The van der Waals surface area contributed by atoms with Gasteiger partial charge in [-0.15, -0.1) is 11.3 Å². The van der Waals surface area contributed by atoms with Crippen LogP contribution in [0, 0.1) is 0 Å². The first-order chi connectivity index (χ1) is 9.04. The second-order valence-corrected chi connectivity index (χ2v) is 5.81. The third-order valence-electron chi connectivity index (χ3n) is 2.42. The molecule has 1 heterocycles. The van der Waals surface area contributed by atoms with Gasteiger partial charge < -0.3 is 5.32 Å². The summed E-state index contributed by atoms with van der Waals surface area (Å²) in [7, 11) is 0. The maximum Gasteiger partial charge on any atom is 0.325 e. The number of nitrogens with one attached hydrogen (secondary N) is 2. The van der Waals surface area contributed by atoms with Crippen molar-refractivity contribution in [2.75, 3.05) is 10.6 Å². The van der Waals surface area contributed by atoms with Crippen molar-refractivity contribution in [2.24, 2.45) is 0 Å². The number of hydrogen-bond donors (Lipinski definition) is 2. The van der Waals surface area contributed by atoms with Crippen molar-refractivity contribution >= 4 is 39.8 Å². The SMILES string of the molecule is CC(C)c1cnc(NC(=O)Nc2ccc(Cl)cc2)s1. The lowest BCUT2D eigenvalue weighted by Gasteiger charge is -2.05. The molecule has 0 radical (unpaired) electrons. The Labute approximate surface area is 120 Å². The fourth-order valence-corrected chi connectivity index (χ4v) is 2.34. The molecule has 0 aliphatic heterocycles. The predicted octanol–water partition coefficient (Wildman–Crippen LogP) is 4.56. The summed E-state index contributed by atoms with van der Waals surface area (Å²) >= 11 is 7.25. The molecule has 0 saturated carbocycles. The summed E-state index contributed by atoms with van der Waals surface area (Å²) in [6.45, 7) is 4.18. The number of thiazole rings is 1. The van der Waals surface area contributed by atoms with Gasteiger partial charge in [0, 0.05) is 21.8 Å². The molecule has 1 aromatic heterocycles. The number of amides is 2. The third kappa shape index (κ3) is 3.94. The zero-order valence-electron chi connectivity index (χ0n) is 10.6. The lowest BCUT2D eigenvalue weighted by molar-refractivity contribution is 0.262. The van der Waals surface area contributed by atoms with Crippen LogP contribution in [-0.2, 0) is 0 Å². The van der Waals surface area contributed by atoms with Gasteiger partial charge in [-0.3, -0.25) is 5.32 Å². The van der Waals surface area contributed by atoms with Crippen LogP contribution in [0.15, 0.2) is 30.5 Å². The molecule has 2 amide bonds. The number of carbonyl (C=O) groups is 1. The molecule has 0 unspecified atom stereocenters. The van der Waals surface area contributed by atoms with Crippen molar-refractivity contribution in [1.82, 2.24) is 4.98 Å². The van der Waals surface area contributed by atoms with Crippen LogP contribution in [0.4, 0.5) is 15.6 Å². The largest absolute Gasteiger partial charge is 0.325 e. The van der Waals surface area contributed by atoms with Gasteiger partial charge >= 0.3 is 6.03 Å². The first kappa shape index (κ1) is 13.8. The molecular weight excluding hydrogens is 282 g/mol. The second-order valence-electron chi connectivity index (χ2n) is 4.31.